The van der Waals surface area contributed by atoms with E-state index < -0.39 is 23.9 Å². The van der Waals surface area contributed by atoms with E-state index in [1.807, 2.05) is 0 Å². The van der Waals surface area contributed by atoms with Gasteiger partial charge in [0.05, 0.1) is 12.2 Å². The fourth-order valence-corrected chi connectivity index (χ4v) is 5.13. The Hall–Kier alpha value is -3.34. The molecule has 3 heterocycles. The molecule has 1 aliphatic carbocycles. The van der Waals surface area contributed by atoms with Gasteiger partial charge in [-0.15, -0.1) is 16.4 Å². The summed E-state index contributed by atoms with van der Waals surface area (Å²) in [5, 5.41) is 7.27. The molecule has 1 aliphatic rings. The molecule has 0 saturated carbocycles. The topological polar surface area (TPSA) is 125 Å². The summed E-state index contributed by atoms with van der Waals surface area (Å²) in [5.74, 6) is -1.28. The van der Waals surface area contributed by atoms with Crippen molar-refractivity contribution in [1.82, 2.24) is 19.6 Å². The average molecular weight is 472 g/mol. The first-order chi connectivity index (χ1) is 15.8. The SMILES string of the molecule is CCOC(=O)c1c(NC(=O)C(C)OC(=O)c2nc3nccc(C)n3n2)sc2c1CCC(C)C2. The Labute approximate surface area is 194 Å². The van der Waals surface area contributed by atoms with Crippen LogP contribution in [0.1, 0.15) is 64.3 Å². The highest BCUT2D eigenvalue weighted by Gasteiger charge is 2.30. The largest absolute Gasteiger partial charge is 0.462 e. The summed E-state index contributed by atoms with van der Waals surface area (Å²) in [6, 6.07) is 1.73. The molecule has 0 fully saturated rings. The van der Waals surface area contributed by atoms with Gasteiger partial charge in [-0.3, -0.25) is 4.79 Å². The van der Waals surface area contributed by atoms with Gasteiger partial charge in [0.1, 0.15) is 5.00 Å². The van der Waals surface area contributed by atoms with Gasteiger partial charge in [0.2, 0.25) is 0 Å². The Morgan fingerprint density at radius 3 is 2.85 bits per heavy atom. The molecule has 3 aromatic rings. The van der Waals surface area contributed by atoms with Crippen molar-refractivity contribution in [3.63, 3.8) is 0 Å². The maximum absolute atomic E-state index is 12.8. The zero-order chi connectivity index (χ0) is 23.7. The van der Waals surface area contributed by atoms with Crippen molar-refractivity contribution >= 4 is 40.0 Å². The van der Waals surface area contributed by atoms with E-state index in [0.717, 1.165) is 35.4 Å². The van der Waals surface area contributed by atoms with Crippen LogP contribution in [0.3, 0.4) is 0 Å². The van der Waals surface area contributed by atoms with E-state index in [1.165, 1.54) is 22.8 Å². The molecule has 33 heavy (non-hydrogen) atoms. The van der Waals surface area contributed by atoms with Crippen LogP contribution < -0.4 is 5.32 Å². The van der Waals surface area contributed by atoms with E-state index in [9.17, 15) is 14.4 Å². The molecular weight excluding hydrogens is 446 g/mol. The Morgan fingerprint density at radius 2 is 2.12 bits per heavy atom. The molecule has 11 heteroatoms. The molecule has 0 radical (unpaired) electrons. The Morgan fingerprint density at radius 1 is 1.33 bits per heavy atom. The number of thiophene rings is 1. The van der Waals surface area contributed by atoms with Gasteiger partial charge >= 0.3 is 11.9 Å². The van der Waals surface area contributed by atoms with E-state index in [-0.39, 0.29) is 18.2 Å². The van der Waals surface area contributed by atoms with Crippen LogP contribution in [0.2, 0.25) is 0 Å². The standard InChI is InChI=1S/C22H25N5O5S/c1-5-31-20(29)16-14-7-6-11(2)10-15(14)33-19(16)25-18(28)13(4)32-21(30)17-24-22-23-9-8-12(3)27(22)26-17/h8-9,11,13H,5-7,10H2,1-4H3,(H,25,28). The number of ether oxygens (including phenoxy) is 2. The van der Waals surface area contributed by atoms with E-state index in [4.69, 9.17) is 9.47 Å². The van der Waals surface area contributed by atoms with Gasteiger partial charge in [-0.05, 0) is 57.6 Å². The number of carbonyl (C=O) groups is 3. The van der Waals surface area contributed by atoms with Crippen LogP contribution >= 0.6 is 11.3 Å². The Balaban J connectivity index is 1.50. The van der Waals surface area contributed by atoms with Crippen LogP contribution in [0, 0.1) is 12.8 Å². The zero-order valence-electron chi connectivity index (χ0n) is 18.9. The summed E-state index contributed by atoms with van der Waals surface area (Å²) >= 11 is 1.38. The smallest absolute Gasteiger partial charge is 0.379 e. The summed E-state index contributed by atoms with van der Waals surface area (Å²) in [4.78, 5) is 47.1. The average Bonchev–Trinajstić information content (AvgIpc) is 3.35. The first-order valence-corrected chi connectivity index (χ1v) is 11.6. The van der Waals surface area contributed by atoms with Gasteiger partial charge in [-0.25, -0.2) is 19.1 Å². The van der Waals surface area contributed by atoms with Crippen LogP contribution in [0.4, 0.5) is 5.00 Å². The van der Waals surface area contributed by atoms with Gasteiger partial charge < -0.3 is 14.8 Å². The lowest BCUT2D eigenvalue weighted by atomic mass is 9.88. The van der Waals surface area contributed by atoms with Crippen LogP contribution in [-0.4, -0.2) is 50.1 Å². The van der Waals surface area contributed by atoms with Crippen molar-refractivity contribution in [2.45, 2.75) is 53.1 Å². The van der Waals surface area contributed by atoms with E-state index in [0.29, 0.717) is 16.5 Å². The molecule has 0 saturated heterocycles. The number of carbonyl (C=O) groups excluding carboxylic acids is 3. The van der Waals surface area contributed by atoms with Gasteiger partial charge in [-0.1, -0.05) is 6.92 Å². The lowest BCUT2D eigenvalue weighted by Gasteiger charge is -2.18. The first-order valence-electron chi connectivity index (χ1n) is 10.8. The van der Waals surface area contributed by atoms with Crippen molar-refractivity contribution in [3.8, 4) is 0 Å². The molecule has 2 unspecified atom stereocenters. The second-order valence-electron chi connectivity index (χ2n) is 8.05. The molecule has 0 aromatic carbocycles. The molecule has 10 nitrogen and oxygen atoms in total. The fourth-order valence-electron chi connectivity index (χ4n) is 3.73. The molecule has 2 atom stereocenters. The predicted octanol–water partition coefficient (Wildman–Crippen LogP) is 2.98. The van der Waals surface area contributed by atoms with Crippen molar-refractivity contribution in [3.05, 3.63) is 39.8 Å². The van der Waals surface area contributed by atoms with Crippen LogP contribution in [0.15, 0.2) is 12.3 Å². The van der Waals surface area contributed by atoms with Crippen molar-refractivity contribution in [2.75, 3.05) is 11.9 Å². The predicted molar refractivity (Wildman–Crippen MR) is 120 cm³/mol. The summed E-state index contributed by atoms with van der Waals surface area (Å²) in [5.41, 5.74) is 2.09. The quantitative estimate of drug-likeness (QED) is 0.544. The first kappa shape index (κ1) is 22.8. The van der Waals surface area contributed by atoms with E-state index in [1.54, 1.807) is 26.1 Å². The van der Waals surface area contributed by atoms with E-state index >= 15 is 0 Å². The van der Waals surface area contributed by atoms with Gasteiger partial charge in [-0.2, -0.15) is 4.98 Å². The number of hydrogen-bond acceptors (Lipinski definition) is 9. The second-order valence-corrected chi connectivity index (χ2v) is 9.15. The molecule has 1 amide bonds. The number of anilines is 1. The number of hydrogen-bond donors (Lipinski definition) is 1. The number of rotatable bonds is 6. The molecule has 0 spiro atoms. The monoisotopic (exact) mass is 471 g/mol. The fraction of sp³-hybridized carbons (Fsp3) is 0.455. The summed E-state index contributed by atoms with van der Waals surface area (Å²) in [7, 11) is 0. The number of nitrogens with one attached hydrogen (secondary N) is 1. The number of aryl methyl sites for hydroxylation is 1. The van der Waals surface area contributed by atoms with Crippen molar-refractivity contribution in [1.29, 1.82) is 0 Å². The summed E-state index contributed by atoms with van der Waals surface area (Å²) in [6.07, 6.45) is 3.01. The lowest BCUT2D eigenvalue weighted by molar-refractivity contribution is -0.123. The maximum Gasteiger partial charge on any atom is 0.379 e. The van der Waals surface area contributed by atoms with E-state index in [2.05, 4.69) is 27.3 Å². The van der Waals surface area contributed by atoms with Gasteiger partial charge in [0.15, 0.2) is 6.10 Å². The molecule has 0 bridgehead atoms. The molecule has 0 aliphatic heterocycles. The summed E-state index contributed by atoms with van der Waals surface area (Å²) < 4.78 is 11.9. The lowest BCUT2D eigenvalue weighted by Crippen LogP contribution is -2.30. The third kappa shape index (κ3) is 4.58. The minimum Gasteiger partial charge on any atom is -0.462 e. The van der Waals surface area contributed by atoms with Gasteiger partial charge in [0.25, 0.3) is 17.5 Å². The highest BCUT2D eigenvalue weighted by atomic mass is 32.1. The van der Waals surface area contributed by atoms with Crippen LogP contribution in [0.25, 0.3) is 5.78 Å². The molecule has 3 aromatic heterocycles. The van der Waals surface area contributed by atoms with Crippen molar-refractivity contribution in [2.24, 2.45) is 5.92 Å². The molecule has 174 valence electrons. The Kier molecular flexibility index (Phi) is 6.41. The van der Waals surface area contributed by atoms with Crippen LogP contribution in [-0.2, 0) is 27.1 Å². The summed E-state index contributed by atoms with van der Waals surface area (Å²) in [6.45, 7) is 7.39. The molecular formula is C22H25N5O5S. The normalized spacial score (nSPS) is 16.2. The highest BCUT2D eigenvalue weighted by Crippen LogP contribution is 2.40. The maximum atomic E-state index is 12.8. The minimum absolute atomic E-state index is 0.191. The number of nitrogens with zero attached hydrogens (tertiary/aromatic N) is 4. The number of amides is 1. The number of aromatic nitrogens is 4. The number of fused-ring (bicyclic) bond motifs is 2. The molecule has 1 N–H and O–H groups in total. The highest BCUT2D eigenvalue weighted by molar-refractivity contribution is 7.17. The third-order valence-corrected chi connectivity index (χ3v) is 6.66. The zero-order valence-corrected chi connectivity index (χ0v) is 19.7. The van der Waals surface area contributed by atoms with Crippen molar-refractivity contribution < 1.29 is 23.9 Å². The number of esters is 2. The second kappa shape index (κ2) is 9.26. The Bertz CT molecular complexity index is 1230. The molecule has 4 rings (SSSR count). The van der Waals surface area contributed by atoms with Gasteiger partial charge in [0, 0.05) is 16.8 Å². The minimum atomic E-state index is -1.13. The third-order valence-electron chi connectivity index (χ3n) is 5.49. The van der Waals surface area contributed by atoms with Crippen LogP contribution in [0.5, 0.6) is 0 Å².